The van der Waals surface area contributed by atoms with Gasteiger partial charge in [-0.2, -0.15) is 0 Å². The van der Waals surface area contributed by atoms with Gasteiger partial charge in [-0.25, -0.2) is 0 Å². The second-order valence-corrected chi connectivity index (χ2v) is 7.03. The van der Waals surface area contributed by atoms with E-state index < -0.39 is 0 Å². The molecule has 4 rings (SSSR count). The van der Waals surface area contributed by atoms with E-state index in [1.54, 1.807) is 0 Å². The van der Waals surface area contributed by atoms with Crippen molar-refractivity contribution in [1.82, 2.24) is 4.90 Å². The van der Waals surface area contributed by atoms with E-state index in [1.165, 1.54) is 50.8 Å². The molecule has 0 N–H and O–H groups in total. The molecule has 0 radical (unpaired) electrons. The van der Waals surface area contributed by atoms with Gasteiger partial charge in [-0.15, -0.1) is 0 Å². The lowest BCUT2D eigenvalue weighted by molar-refractivity contribution is 0.0558. The van der Waals surface area contributed by atoms with Crippen molar-refractivity contribution in [1.29, 1.82) is 0 Å². The smallest absolute Gasteiger partial charge is 0.145 e. The van der Waals surface area contributed by atoms with Crippen LogP contribution in [-0.2, 0) is 4.84 Å². The molecule has 0 unspecified atom stereocenters. The highest BCUT2D eigenvalue weighted by molar-refractivity contribution is 6.01. The molecule has 1 aromatic carbocycles. The van der Waals surface area contributed by atoms with Crippen LogP contribution >= 0.6 is 0 Å². The number of hydrogen-bond donors (Lipinski definition) is 0. The van der Waals surface area contributed by atoms with Crippen molar-refractivity contribution in [2.75, 3.05) is 19.6 Å². The summed E-state index contributed by atoms with van der Waals surface area (Å²) in [5.41, 5.74) is 2.96. The summed E-state index contributed by atoms with van der Waals surface area (Å²) in [6.45, 7) is 3.58. The van der Waals surface area contributed by atoms with E-state index in [-0.39, 0.29) is 6.10 Å². The highest BCUT2D eigenvalue weighted by atomic mass is 16.6. The fourth-order valence-corrected chi connectivity index (χ4v) is 4.33. The number of rotatable bonds is 3. The molecule has 3 aliphatic rings. The van der Waals surface area contributed by atoms with Gasteiger partial charge in [0, 0.05) is 19.5 Å². The van der Waals surface area contributed by atoms with Gasteiger partial charge in [0.1, 0.15) is 6.10 Å². The third kappa shape index (κ3) is 2.71. The van der Waals surface area contributed by atoms with Crippen LogP contribution in [0.5, 0.6) is 0 Å². The minimum atomic E-state index is 0.247. The monoisotopic (exact) mass is 284 g/mol. The maximum absolute atomic E-state index is 5.68. The van der Waals surface area contributed by atoms with Crippen LogP contribution in [0.2, 0.25) is 0 Å². The Balaban J connectivity index is 1.32. The zero-order valence-electron chi connectivity index (χ0n) is 12.6. The quantitative estimate of drug-likeness (QED) is 0.849. The molecule has 1 saturated carbocycles. The van der Waals surface area contributed by atoms with Crippen LogP contribution in [0, 0.1) is 5.41 Å². The molecule has 0 bridgehead atoms. The molecule has 1 atom stereocenters. The van der Waals surface area contributed by atoms with E-state index in [1.807, 2.05) is 6.07 Å². The van der Waals surface area contributed by atoms with Crippen LogP contribution in [0.3, 0.4) is 0 Å². The molecular formula is C18H24N2O. The van der Waals surface area contributed by atoms with Crippen molar-refractivity contribution >= 4 is 5.71 Å². The Morgan fingerprint density at radius 3 is 2.76 bits per heavy atom. The van der Waals surface area contributed by atoms with E-state index in [9.17, 15) is 0 Å². The maximum Gasteiger partial charge on any atom is 0.145 e. The molecule has 2 heterocycles. The molecular weight excluding hydrogens is 260 g/mol. The number of likely N-dealkylation sites (tertiary alicyclic amines) is 1. The predicted octanol–water partition coefficient (Wildman–Crippen LogP) is 3.45. The zero-order chi connectivity index (χ0) is 14.1. The molecule has 1 saturated heterocycles. The van der Waals surface area contributed by atoms with Crippen LogP contribution in [0.15, 0.2) is 35.5 Å². The van der Waals surface area contributed by atoms with E-state index in [0.717, 1.165) is 18.7 Å². The zero-order valence-corrected chi connectivity index (χ0v) is 12.6. The van der Waals surface area contributed by atoms with Crippen molar-refractivity contribution in [2.45, 2.75) is 44.6 Å². The summed E-state index contributed by atoms with van der Waals surface area (Å²) in [5.74, 6) is 0. The van der Waals surface area contributed by atoms with E-state index in [0.29, 0.717) is 5.41 Å². The van der Waals surface area contributed by atoms with Gasteiger partial charge < -0.3 is 4.84 Å². The van der Waals surface area contributed by atoms with E-state index >= 15 is 0 Å². The molecule has 0 amide bonds. The Hall–Kier alpha value is -1.35. The molecule has 21 heavy (non-hydrogen) atoms. The summed E-state index contributed by atoms with van der Waals surface area (Å²) in [4.78, 5) is 8.29. The Kier molecular flexibility index (Phi) is 3.46. The minimum absolute atomic E-state index is 0.247. The fraction of sp³-hybridized carbons (Fsp3) is 0.611. The van der Waals surface area contributed by atoms with Crippen LogP contribution in [0.4, 0.5) is 0 Å². The molecule has 3 heteroatoms. The normalized spacial score (nSPS) is 28.0. The maximum atomic E-state index is 5.68. The molecule has 0 aromatic heterocycles. The van der Waals surface area contributed by atoms with E-state index in [2.05, 4.69) is 34.3 Å². The van der Waals surface area contributed by atoms with Gasteiger partial charge in [0.15, 0.2) is 0 Å². The summed E-state index contributed by atoms with van der Waals surface area (Å²) in [6.07, 6.45) is 8.36. The van der Waals surface area contributed by atoms with Crippen molar-refractivity contribution in [3.8, 4) is 0 Å². The molecule has 3 nitrogen and oxygen atoms in total. The highest BCUT2D eigenvalue weighted by Crippen LogP contribution is 2.45. The second kappa shape index (κ2) is 5.45. The molecule has 2 aliphatic heterocycles. The van der Waals surface area contributed by atoms with Crippen molar-refractivity contribution in [3.05, 3.63) is 35.9 Å². The average Bonchev–Trinajstić information content (AvgIpc) is 3.24. The van der Waals surface area contributed by atoms with Crippen LogP contribution in [0.25, 0.3) is 0 Å². The lowest BCUT2D eigenvalue weighted by Gasteiger charge is -2.24. The topological polar surface area (TPSA) is 24.8 Å². The molecule has 1 aromatic rings. The van der Waals surface area contributed by atoms with Gasteiger partial charge in [-0.05, 0) is 36.8 Å². The Morgan fingerprint density at radius 2 is 1.95 bits per heavy atom. The first kappa shape index (κ1) is 13.3. The first-order valence-electron chi connectivity index (χ1n) is 8.34. The van der Waals surface area contributed by atoms with Gasteiger partial charge in [0.2, 0.25) is 0 Å². The summed E-state index contributed by atoms with van der Waals surface area (Å²) < 4.78 is 0. The Morgan fingerprint density at radius 1 is 1.14 bits per heavy atom. The summed E-state index contributed by atoms with van der Waals surface area (Å²) in [7, 11) is 0. The van der Waals surface area contributed by atoms with E-state index in [4.69, 9.17) is 4.84 Å². The van der Waals surface area contributed by atoms with Crippen molar-refractivity contribution < 1.29 is 4.84 Å². The Labute approximate surface area is 127 Å². The first-order chi connectivity index (χ1) is 10.3. The average molecular weight is 284 g/mol. The second-order valence-electron chi connectivity index (χ2n) is 7.03. The largest absolute Gasteiger partial charge is 0.390 e. The lowest BCUT2D eigenvalue weighted by atomic mass is 9.86. The third-order valence-electron chi connectivity index (χ3n) is 5.48. The van der Waals surface area contributed by atoms with Crippen LogP contribution in [-0.4, -0.2) is 36.3 Å². The van der Waals surface area contributed by atoms with Gasteiger partial charge in [0.25, 0.3) is 0 Å². The van der Waals surface area contributed by atoms with Gasteiger partial charge >= 0.3 is 0 Å². The molecule has 1 aliphatic carbocycles. The molecule has 112 valence electrons. The molecule has 2 fully saturated rings. The van der Waals surface area contributed by atoms with Crippen LogP contribution < -0.4 is 0 Å². The van der Waals surface area contributed by atoms with Gasteiger partial charge in [-0.3, -0.25) is 4.90 Å². The van der Waals surface area contributed by atoms with Gasteiger partial charge in [0.05, 0.1) is 5.71 Å². The molecule has 1 spiro atoms. The Bertz CT molecular complexity index is 519. The predicted molar refractivity (Wildman–Crippen MR) is 84.4 cm³/mol. The third-order valence-corrected chi connectivity index (χ3v) is 5.48. The van der Waals surface area contributed by atoms with Crippen molar-refractivity contribution in [3.63, 3.8) is 0 Å². The highest BCUT2D eigenvalue weighted by Gasteiger charge is 2.41. The SMILES string of the molecule is c1ccc(C2=NO[C@@H](CN3CCC4(CCCC4)C3)C2)cc1. The van der Waals surface area contributed by atoms with Crippen molar-refractivity contribution in [2.24, 2.45) is 10.6 Å². The minimum Gasteiger partial charge on any atom is -0.390 e. The number of oxime groups is 1. The van der Waals surface area contributed by atoms with Gasteiger partial charge in [-0.1, -0.05) is 48.3 Å². The fourth-order valence-electron chi connectivity index (χ4n) is 4.33. The number of nitrogens with zero attached hydrogens (tertiary/aromatic N) is 2. The summed E-state index contributed by atoms with van der Waals surface area (Å²) in [6, 6.07) is 10.4. The summed E-state index contributed by atoms with van der Waals surface area (Å²) >= 11 is 0. The number of hydrogen-bond acceptors (Lipinski definition) is 3. The lowest BCUT2D eigenvalue weighted by Crippen LogP contribution is -2.32. The van der Waals surface area contributed by atoms with Crippen LogP contribution in [0.1, 0.15) is 44.1 Å². The first-order valence-corrected chi connectivity index (χ1v) is 8.34. The standard InChI is InChI=1S/C18H24N2O/c1-2-6-15(7-3-1)17-12-16(21-19-17)13-20-11-10-18(14-20)8-4-5-9-18/h1-3,6-7,16H,4-5,8-14H2/t16-/m1/s1. The summed E-state index contributed by atoms with van der Waals surface area (Å²) in [5, 5.41) is 4.31. The number of benzene rings is 1.